The maximum absolute atomic E-state index is 5.53. The summed E-state index contributed by atoms with van der Waals surface area (Å²) >= 11 is 0. The lowest BCUT2D eigenvalue weighted by Gasteiger charge is -2.20. The van der Waals surface area contributed by atoms with Crippen molar-refractivity contribution >= 4 is 5.82 Å². The highest BCUT2D eigenvalue weighted by molar-refractivity contribution is 5.60. The molecule has 0 saturated carbocycles. The number of hydrogen-bond donors (Lipinski definition) is 1. The molecule has 2 heterocycles. The van der Waals surface area contributed by atoms with Crippen LogP contribution in [-0.4, -0.2) is 23.1 Å². The number of nitrogens with zero attached hydrogens (tertiary/aromatic N) is 2. The summed E-state index contributed by atoms with van der Waals surface area (Å²) in [7, 11) is 0. The van der Waals surface area contributed by atoms with Crippen LogP contribution in [0.2, 0.25) is 0 Å². The summed E-state index contributed by atoms with van der Waals surface area (Å²) in [6, 6.07) is 8.31. The Bertz CT molecular complexity index is 625. The Labute approximate surface area is 119 Å². The van der Waals surface area contributed by atoms with Gasteiger partial charge in [0.2, 0.25) is 0 Å². The fourth-order valence-corrected chi connectivity index (χ4v) is 2.46. The fraction of sp³-hybridized carbons (Fsp3) is 0.375. The second-order valence-electron chi connectivity index (χ2n) is 5.02. The SMILES string of the molecule is CCNc1nc(-c2cccc(C)c2)nc2c1COCC2. The van der Waals surface area contributed by atoms with Crippen molar-refractivity contribution in [1.82, 2.24) is 9.97 Å². The summed E-state index contributed by atoms with van der Waals surface area (Å²) in [5.74, 6) is 1.71. The number of hydrogen-bond acceptors (Lipinski definition) is 4. The number of ether oxygens (including phenoxy) is 1. The van der Waals surface area contributed by atoms with Crippen molar-refractivity contribution < 1.29 is 4.74 Å². The van der Waals surface area contributed by atoms with Crippen LogP contribution in [0.15, 0.2) is 24.3 Å². The highest BCUT2D eigenvalue weighted by Crippen LogP contribution is 2.26. The predicted octanol–water partition coefficient (Wildman–Crippen LogP) is 2.96. The van der Waals surface area contributed by atoms with Gasteiger partial charge in [-0.3, -0.25) is 0 Å². The Morgan fingerprint density at radius 2 is 2.20 bits per heavy atom. The molecule has 0 saturated heterocycles. The van der Waals surface area contributed by atoms with Crippen LogP contribution >= 0.6 is 0 Å². The van der Waals surface area contributed by atoms with Crippen molar-refractivity contribution in [2.24, 2.45) is 0 Å². The molecule has 1 aliphatic heterocycles. The van der Waals surface area contributed by atoms with Gasteiger partial charge in [-0.05, 0) is 19.9 Å². The molecule has 3 rings (SSSR count). The highest BCUT2D eigenvalue weighted by atomic mass is 16.5. The van der Waals surface area contributed by atoms with E-state index < -0.39 is 0 Å². The molecule has 0 fully saturated rings. The van der Waals surface area contributed by atoms with E-state index in [4.69, 9.17) is 9.72 Å². The summed E-state index contributed by atoms with van der Waals surface area (Å²) < 4.78 is 5.53. The number of anilines is 1. The van der Waals surface area contributed by atoms with Crippen molar-refractivity contribution in [1.29, 1.82) is 0 Å². The molecule has 0 atom stereocenters. The maximum atomic E-state index is 5.53. The first-order valence-electron chi connectivity index (χ1n) is 7.06. The van der Waals surface area contributed by atoms with Gasteiger partial charge in [-0.15, -0.1) is 0 Å². The zero-order chi connectivity index (χ0) is 13.9. The van der Waals surface area contributed by atoms with Crippen LogP contribution in [0.3, 0.4) is 0 Å². The number of benzene rings is 1. The van der Waals surface area contributed by atoms with E-state index >= 15 is 0 Å². The standard InChI is InChI=1S/C16H19N3O/c1-3-17-16-13-10-20-8-7-14(13)18-15(19-16)12-6-4-5-11(2)9-12/h4-6,9H,3,7-8,10H2,1-2H3,(H,17,18,19). The Morgan fingerprint density at radius 1 is 1.30 bits per heavy atom. The third kappa shape index (κ3) is 2.51. The summed E-state index contributed by atoms with van der Waals surface area (Å²) in [6.45, 7) is 6.34. The number of nitrogens with one attached hydrogen (secondary N) is 1. The summed E-state index contributed by atoms with van der Waals surface area (Å²) in [6.07, 6.45) is 0.856. The van der Waals surface area contributed by atoms with Crippen molar-refractivity contribution in [3.8, 4) is 11.4 Å². The quantitative estimate of drug-likeness (QED) is 0.930. The van der Waals surface area contributed by atoms with E-state index in [1.807, 2.05) is 6.07 Å². The van der Waals surface area contributed by atoms with Gasteiger partial charge in [-0.25, -0.2) is 9.97 Å². The van der Waals surface area contributed by atoms with Gasteiger partial charge in [0.1, 0.15) is 5.82 Å². The smallest absolute Gasteiger partial charge is 0.161 e. The van der Waals surface area contributed by atoms with Crippen molar-refractivity contribution in [3.63, 3.8) is 0 Å². The van der Waals surface area contributed by atoms with Crippen molar-refractivity contribution in [2.75, 3.05) is 18.5 Å². The molecule has 1 aromatic carbocycles. The van der Waals surface area contributed by atoms with Crippen molar-refractivity contribution in [3.05, 3.63) is 41.1 Å². The number of rotatable bonds is 3. The number of aryl methyl sites for hydroxylation is 1. The lowest BCUT2D eigenvalue weighted by atomic mass is 10.1. The Hall–Kier alpha value is -1.94. The first-order valence-corrected chi connectivity index (χ1v) is 7.06. The van der Waals surface area contributed by atoms with Crippen LogP contribution in [0, 0.1) is 6.92 Å². The van der Waals surface area contributed by atoms with E-state index in [0.717, 1.165) is 48.0 Å². The molecule has 104 valence electrons. The minimum Gasteiger partial charge on any atom is -0.376 e. The second kappa shape index (κ2) is 5.59. The molecular weight excluding hydrogens is 250 g/mol. The summed E-state index contributed by atoms with van der Waals surface area (Å²) in [4.78, 5) is 9.42. The normalized spacial score (nSPS) is 13.9. The van der Waals surface area contributed by atoms with Gasteiger partial charge in [-0.1, -0.05) is 23.8 Å². The van der Waals surface area contributed by atoms with E-state index in [1.165, 1.54) is 5.56 Å². The van der Waals surface area contributed by atoms with E-state index in [2.05, 4.69) is 42.3 Å². The molecule has 1 N–H and O–H groups in total. The number of fused-ring (bicyclic) bond motifs is 1. The Balaban J connectivity index is 2.10. The molecule has 20 heavy (non-hydrogen) atoms. The van der Waals surface area contributed by atoms with E-state index in [9.17, 15) is 0 Å². The molecule has 1 aromatic heterocycles. The molecule has 4 heteroatoms. The lowest BCUT2D eigenvalue weighted by Crippen LogP contribution is -2.17. The molecule has 0 amide bonds. The van der Waals surface area contributed by atoms with Crippen LogP contribution in [0.25, 0.3) is 11.4 Å². The molecule has 1 aliphatic rings. The summed E-state index contributed by atoms with van der Waals surface area (Å²) in [5, 5.41) is 3.33. The molecule has 2 aromatic rings. The first kappa shape index (κ1) is 13.1. The topological polar surface area (TPSA) is 47.0 Å². The predicted molar refractivity (Wildman–Crippen MR) is 79.7 cm³/mol. The third-order valence-corrected chi connectivity index (χ3v) is 3.44. The fourth-order valence-electron chi connectivity index (χ4n) is 2.46. The highest BCUT2D eigenvalue weighted by Gasteiger charge is 2.18. The molecule has 4 nitrogen and oxygen atoms in total. The molecule has 0 aliphatic carbocycles. The average Bonchev–Trinajstić information content (AvgIpc) is 2.47. The largest absolute Gasteiger partial charge is 0.376 e. The Morgan fingerprint density at radius 3 is 3.00 bits per heavy atom. The lowest BCUT2D eigenvalue weighted by molar-refractivity contribution is 0.109. The van der Waals surface area contributed by atoms with Gasteiger partial charge in [0, 0.05) is 24.1 Å². The van der Waals surface area contributed by atoms with Gasteiger partial charge in [0.25, 0.3) is 0 Å². The van der Waals surface area contributed by atoms with E-state index in [-0.39, 0.29) is 0 Å². The number of aromatic nitrogens is 2. The Kier molecular flexibility index (Phi) is 3.65. The second-order valence-corrected chi connectivity index (χ2v) is 5.02. The van der Waals surface area contributed by atoms with Crippen LogP contribution in [0.4, 0.5) is 5.82 Å². The van der Waals surface area contributed by atoms with Crippen LogP contribution in [0.5, 0.6) is 0 Å². The summed E-state index contributed by atoms with van der Waals surface area (Å²) in [5.41, 5.74) is 4.50. The van der Waals surface area contributed by atoms with Gasteiger partial charge in [0.15, 0.2) is 5.82 Å². The molecule has 0 radical (unpaired) electrons. The maximum Gasteiger partial charge on any atom is 0.161 e. The van der Waals surface area contributed by atoms with Gasteiger partial charge < -0.3 is 10.1 Å². The van der Waals surface area contributed by atoms with E-state index in [1.54, 1.807) is 0 Å². The molecule has 0 spiro atoms. The van der Waals surface area contributed by atoms with Crippen molar-refractivity contribution in [2.45, 2.75) is 26.9 Å². The monoisotopic (exact) mass is 269 g/mol. The van der Waals surface area contributed by atoms with Crippen LogP contribution in [0.1, 0.15) is 23.7 Å². The zero-order valence-electron chi connectivity index (χ0n) is 11.9. The zero-order valence-corrected chi connectivity index (χ0v) is 11.9. The molecular formula is C16H19N3O. The first-order chi connectivity index (χ1) is 9.78. The van der Waals surface area contributed by atoms with Gasteiger partial charge in [-0.2, -0.15) is 0 Å². The minimum absolute atomic E-state index is 0.603. The van der Waals surface area contributed by atoms with Crippen LogP contribution < -0.4 is 5.32 Å². The minimum atomic E-state index is 0.603. The molecule has 0 unspecified atom stereocenters. The van der Waals surface area contributed by atoms with Gasteiger partial charge in [0.05, 0.1) is 18.9 Å². The molecule has 0 bridgehead atoms. The average molecular weight is 269 g/mol. The van der Waals surface area contributed by atoms with E-state index in [0.29, 0.717) is 6.61 Å². The van der Waals surface area contributed by atoms with Gasteiger partial charge >= 0.3 is 0 Å². The van der Waals surface area contributed by atoms with Crippen LogP contribution in [-0.2, 0) is 17.8 Å². The third-order valence-electron chi connectivity index (χ3n) is 3.44.